The second-order valence-corrected chi connectivity index (χ2v) is 8.82. The molecule has 0 aliphatic rings. The van der Waals surface area contributed by atoms with Gasteiger partial charge in [0.05, 0.1) is 12.1 Å². The summed E-state index contributed by atoms with van der Waals surface area (Å²) in [6.45, 7) is 3.55. The van der Waals surface area contributed by atoms with Gasteiger partial charge in [-0.1, -0.05) is 75.5 Å². The van der Waals surface area contributed by atoms with Crippen molar-refractivity contribution in [2.75, 3.05) is 0 Å². The van der Waals surface area contributed by atoms with E-state index in [-0.39, 0.29) is 52.2 Å². The molecule has 0 spiro atoms. The van der Waals surface area contributed by atoms with Crippen LogP contribution in [0.25, 0.3) is 0 Å². The molecule has 0 bridgehead atoms. The molecule has 0 aromatic heterocycles. The van der Waals surface area contributed by atoms with Crippen molar-refractivity contribution in [1.82, 2.24) is 10.6 Å². The van der Waals surface area contributed by atoms with Crippen LogP contribution in [0.3, 0.4) is 0 Å². The second kappa shape index (κ2) is 20.1. The maximum Gasteiger partial charge on any atom is 0.389 e. The van der Waals surface area contributed by atoms with E-state index in [9.17, 15) is 35.9 Å². The van der Waals surface area contributed by atoms with Crippen molar-refractivity contribution in [3.63, 3.8) is 0 Å². The van der Waals surface area contributed by atoms with Crippen molar-refractivity contribution in [2.24, 2.45) is 11.5 Å². The zero-order valence-corrected chi connectivity index (χ0v) is 22.4. The first kappa shape index (κ1) is 42.6. The molecule has 0 aliphatic carbocycles. The molecule has 1 unspecified atom stereocenters. The second-order valence-electron chi connectivity index (χ2n) is 8.82. The summed E-state index contributed by atoms with van der Waals surface area (Å²) in [4.78, 5) is 22.4. The summed E-state index contributed by atoms with van der Waals surface area (Å²) in [7, 11) is 0. The topological polar surface area (TPSA) is 110 Å². The van der Waals surface area contributed by atoms with Crippen molar-refractivity contribution < 1.29 is 35.9 Å². The number of primary amides is 2. The fourth-order valence-electron chi connectivity index (χ4n) is 3.51. The Morgan fingerprint density at radius 3 is 1.15 bits per heavy atom. The molecule has 6 N–H and O–H groups in total. The standard InChI is InChI=1S/2C13H17F3N2O.2CH4.ClH/c2*1-9(10-5-3-2-4-6-10)18-11(12(17)19)7-8-13(14,15)16;;;/h2*2-6,9,11,18H,7-8H2,1H3,(H2,17,19);2*1H4;1H/t9-,11?;9-,11-;;;/m11.../s1. The fraction of sp³-hybridized carbons (Fsp3) is 0.500. The molecule has 0 heterocycles. The smallest absolute Gasteiger partial charge is 0.368 e. The molecule has 2 aromatic carbocycles. The highest BCUT2D eigenvalue weighted by molar-refractivity contribution is 5.85. The number of amides is 2. The minimum Gasteiger partial charge on any atom is -0.368 e. The van der Waals surface area contributed by atoms with Crippen LogP contribution in [-0.2, 0) is 9.59 Å². The van der Waals surface area contributed by atoms with E-state index >= 15 is 0 Å². The van der Waals surface area contributed by atoms with Crippen LogP contribution in [0.5, 0.6) is 0 Å². The van der Waals surface area contributed by atoms with E-state index in [1.165, 1.54) is 0 Å². The first-order valence-corrected chi connectivity index (χ1v) is 11.9. The average molecular weight is 617 g/mol. The molecular formula is C28H43ClF6N4O2. The van der Waals surface area contributed by atoms with Gasteiger partial charge in [-0.05, 0) is 37.8 Å². The Bertz CT molecular complexity index is 900. The predicted octanol–water partition coefficient (Wildman–Crippen LogP) is 6.76. The lowest BCUT2D eigenvalue weighted by Gasteiger charge is -2.21. The summed E-state index contributed by atoms with van der Waals surface area (Å²) in [5, 5.41) is 5.66. The molecule has 6 nitrogen and oxygen atoms in total. The van der Waals surface area contributed by atoms with E-state index in [0.29, 0.717) is 0 Å². The quantitative estimate of drug-likeness (QED) is 0.198. The number of hydrogen-bond acceptors (Lipinski definition) is 4. The van der Waals surface area contributed by atoms with Gasteiger partial charge in [-0.3, -0.25) is 20.2 Å². The van der Waals surface area contributed by atoms with Crippen LogP contribution in [0.1, 0.15) is 77.6 Å². The lowest BCUT2D eigenvalue weighted by atomic mass is 10.1. The van der Waals surface area contributed by atoms with Crippen LogP contribution in [0.15, 0.2) is 60.7 Å². The van der Waals surface area contributed by atoms with Gasteiger partial charge in [0.25, 0.3) is 0 Å². The molecular weight excluding hydrogens is 574 g/mol. The maximum absolute atomic E-state index is 12.2. The van der Waals surface area contributed by atoms with E-state index in [1.54, 1.807) is 13.8 Å². The number of carbonyl (C=O) groups excluding carboxylic acids is 2. The maximum atomic E-state index is 12.2. The van der Waals surface area contributed by atoms with Crippen molar-refractivity contribution in [1.29, 1.82) is 0 Å². The van der Waals surface area contributed by atoms with Crippen molar-refractivity contribution in [3.05, 3.63) is 71.8 Å². The van der Waals surface area contributed by atoms with Crippen LogP contribution in [0, 0.1) is 0 Å². The molecule has 0 radical (unpaired) electrons. The minimum atomic E-state index is -4.29. The van der Waals surface area contributed by atoms with Crippen LogP contribution in [0.4, 0.5) is 26.3 Å². The van der Waals surface area contributed by atoms with E-state index in [1.807, 2.05) is 60.7 Å². The van der Waals surface area contributed by atoms with Crippen LogP contribution in [-0.4, -0.2) is 36.3 Å². The number of halogens is 7. The molecule has 2 amide bonds. The van der Waals surface area contributed by atoms with Crippen LogP contribution >= 0.6 is 12.4 Å². The zero-order valence-electron chi connectivity index (χ0n) is 21.6. The van der Waals surface area contributed by atoms with Crippen LogP contribution < -0.4 is 22.1 Å². The average Bonchev–Trinajstić information content (AvgIpc) is 2.84. The Hall–Kier alpha value is -2.83. The van der Waals surface area contributed by atoms with Crippen molar-refractivity contribution in [2.45, 2.75) is 90.9 Å². The summed E-state index contributed by atoms with van der Waals surface area (Å²) >= 11 is 0. The number of benzene rings is 2. The Balaban J connectivity index is -0.000000656. The summed E-state index contributed by atoms with van der Waals surface area (Å²) < 4.78 is 73.0. The van der Waals surface area contributed by atoms with Gasteiger partial charge >= 0.3 is 12.4 Å². The lowest BCUT2D eigenvalue weighted by Crippen LogP contribution is -2.43. The largest absolute Gasteiger partial charge is 0.389 e. The normalized spacial score (nSPS) is 13.9. The van der Waals surface area contributed by atoms with Gasteiger partial charge in [0, 0.05) is 24.9 Å². The fourth-order valence-corrected chi connectivity index (χ4v) is 3.51. The van der Waals surface area contributed by atoms with Gasteiger partial charge in [-0.2, -0.15) is 26.3 Å². The molecule has 0 aliphatic heterocycles. The first-order valence-electron chi connectivity index (χ1n) is 11.9. The molecule has 41 heavy (non-hydrogen) atoms. The van der Waals surface area contributed by atoms with E-state index in [4.69, 9.17) is 11.5 Å². The summed E-state index contributed by atoms with van der Waals surface area (Å²) in [6.07, 6.45) is -11.3. The molecule has 2 rings (SSSR count). The molecule has 2 aromatic rings. The monoisotopic (exact) mass is 616 g/mol. The zero-order chi connectivity index (χ0) is 28.9. The Morgan fingerprint density at radius 1 is 0.659 bits per heavy atom. The van der Waals surface area contributed by atoms with Crippen molar-refractivity contribution in [3.8, 4) is 0 Å². The molecule has 0 saturated carbocycles. The highest BCUT2D eigenvalue weighted by Gasteiger charge is 2.31. The molecule has 13 heteroatoms. The third kappa shape index (κ3) is 19.0. The molecule has 0 fully saturated rings. The number of nitrogens with two attached hydrogens (primary N) is 2. The van der Waals surface area contributed by atoms with Gasteiger partial charge in [-0.15, -0.1) is 12.4 Å². The third-order valence-electron chi connectivity index (χ3n) is 5.62. The molecule has 236 valence electrons. The van der Waals surface area contributed by atoms with E-state index in [0.717, 1.165) is 11.1 Å². The van der Waals surface area contributed by atoms with Gasteiger partial charge in [0.1, 0.15) is 0 Å². The number of nitrogens with one attached hydrogen (secondary N) is 2. The van der Waals surface area contributed by atoms with Crippen molar-refractivity contribution >= 4 is 24.2 Å². The van der Waals surface area contributed by atoms with Gasteiger partial charge in [0.2, 0.25) is 11.8 Å². The SMILES string of the molecule is C.C.C[C@@H](NC(CCC(F)(F)F)C(N)=O)c1ccccc1.C[C@@H](N[C@H](CCC(F)(F)F)C(N)=O)c1ccccc1.Cl. The number of alkyl halides is 6. The highest BCUT2D eigenvalue weighted by atomic mass is 35.5. The Labute approximate surface area is 245 Å². The Morgan fingerprint density at radius 2 is 0.927 bits per heavy atom. The third-order valence-corrected chi connectivity index (χ3v) is 5.62. The van der Waals surface area contributed by atoms with Gasteiger partial charge in [-0.25, -0.2) is 0 Å². The summed E-state index contributed by atoms with van der Waals surface area (Å²) in [5.41, 5.74) is 12.0. The van der Waals surface area contributed by atoms with Crippen LogP contribution in [0.2, 0.25) is 0 Å². The molecule has 0 saturated heterocycles. The number of hydrogen-bond donors (Lipinski definition) is 4. The van der Waals surface area contributed by atoms with E-state index in [2.05, 4.69) is 10.6 Å². The first-order chi connectivity index (χ1) is 17.6. The predicted molar refractivity (Wildman–Crippen MR) is 153 cm³/mol. The van der Waals surface area contributed by atoms with E-state index < -0.39 is 49.1 Å². The Kier molecular flexibility index (Phi) is 20.9. The minimum absolute atomic E-state index is 0. The highest BCUT2D eigenvalue weighted by Crippen LogP contribution is 2.24. The summed E-state index contributed by atoms with van der Waals surface area (Å²) in [5.74, 6) is -1.54. The number of rotatable bonds is 12. The van der Waals surface area contributed by atoms with Gasteiger partial charge in [0.15, 0.2) is 0 Å². The summed E-state index contributed by atoms with van der Waals surface area (Å²) in [6, 6.07) is 15.8. The molecule has 4 atom stereocenters. The van der Waals surface area contributed by atoms with Gasteiger partial charge < -0.3 is 11.5 Å². The number of carbonyl (C=O) groups is 2. The lowest BCUT2D eigenvalue weighted by molar-refractivity contribution is -0.140.